The average Bonchev–Trinajstić information content (AvgIpc) is 2.76. The van der Waals surface area contributed by atoms with Crippen LogP contribution in [0.2, 0.25) is 0 Å². The second-order valence-electron chi connectivity index (χ2n) is 9.45. The van der Waals surface area contributed by atoms with E-state index in [1.807, 2.05) is 32.0 Å². The number of para-hydroxylation sites is 1. The second-order valence-corrected chi connectivity index (χ2v) is 9.45. The van der Waals surface area contributed by atoms with Gasteiger partial charge in [0.1, 0.15) is 6.54 Å². The van der Waals surface area contributed by atoms with Crippen molar-refractivity contribution in [1.82, 2.24) is 14.8 Å². The van der Waals surface area contributed by atoms with Crippen molar-refractivity contribution in [1.29, 1.82) is 0 Å². The minimum Gasteiger partial charge on any atom is -0.354 e. The van der Waals surface area contributed by atoms with Crippen LogP contribution in [0.25, 0.3) is 10.9 Å². The van der Waals surface area contributed by atoms with Crippen molar-refractivity contribution in [2.45, 2.75) is 65.6 Å². The number of fused-ring (bicyclic) bond motifs is 1. The minimum atomic E-state index is -0.128. The van der Waals surface area contributed by atoms with Crippen LogP contribution >= 0.6 is 0 Å². The molecule has 5 heteroatoms. The van der Waals surface area contributed by atoms with E-state index >= 15 is 0 Å². The molecule has 2 aromatic rings. The highest BCUT2D eigenvalue weighted by Gasteiger charge is 2.48. The number of nitrogens with zero attached hydrogens (tertiary/aromatic N) is 2. The van der Waals surface area contributed by atoms with E-state index in [1.165, 1.54) is 0 Å². The molecule has 2 heterocycles. The Hall–Kier alpha value is -2.14. The summed E-state index contributed by atoms with van der Waals surface area (Å²) in [5.41, 5.74) is 2.80. The molecule has 0 spiro atoms. The molecule has 1 aliphatic heterocycles. The molecule has 1 unspecified atom stereocenters. The third-order valence-corrected chi connectivity index (χ3v) is 6.90. The molecule has 0 aliphatic carbocycles. The SMILES string of the molecule is Cc1cc(=O)n(CC(=O)NCC2CC(C)(C)N(C)C2(C)C)c2c(C)cccc12. The van der Waals surface area contributed by atoms with E-state index in [4.69, 9.17) is 0 Å². The number of carbonyl (C=O) groups excluding carboxylic acids is 1. The molecular weight excluding hydrogens is 350 g/mol. The Balaban J connectivity index is 1.79. The van der Waals surface area contributed by atoms with Crippen molar-refractivity contribution in [3.8, 4) is 0 Å². The molecule has 1 N–H and O–H groups in total. The van der Waals surface area contributed by atoms with Gasteiger partial charge in [-0.3, -0.25) is 19.1 Å². The molecule has 1 aromatic carbocycles. The summed E-state index contributed by atoms with van der Waals surface area (Å²) in [5.74, 6) is 0.253. The Labute approximate surface area is 167 Å². The van der Waals surface area contributed by atoms with Gasteiger partial charge in [0.05, 0.1) is 5.52 Å². The van der Waals surface area contributed by atoms with E-state index in [0.29, 0.717) is 12.5 Å². The summed E-state index contributed by atoms with van der Waals surface area (Å²) in [6.07, 6.45) is 1.03. The largest absolute Gasteiger partial charge is 0.354 e. The number of pyridine rings is 1. The Bertz CT molecular complexity index is 972. The number of likely N-dealkylation sites (tertiary alicyclic amines) is 1. The number of hydrogen-bond donors (Lipinski definition) is 1. The summed E-state index contributed by atoms with van der Waals surface area (Å²) in [4.78, 5) is 27.7. The molecular formula is C23H33N3O2. The first-order valence-electron chi connectivity index (χ1n) is 10.1. The summed E-state index contributed by atoms with van der Waals surface area (Å²) in [5, 5.41) is 4.11. The molecule has 1 aromatic heterocycles. The zero-order valence-electron chi connectivity index (χ0n) is 18.2. The van der Waals surface area contributed by atoms with Gasteiger partial charge in [0.25, 0.3) is 5.56 Å². The van der Waals surface area contributed by atoms with Crippen LogP contribution < -0.4 is 10.9 Å². The standard InChI is InChI=1S/C23H33N3O2/c1-15-9-8-10-18-16(2)11-20(28)26(21(15)18)14-19(27)24-13-17-12-22(3,4)25(7)23(17,5)6/h8-11,17H,12-14H2,1-7H3,(H,24,27). The van der Waals surface area contributed by atoms with Crippen molar-refractivity contribution in [3.63, 3.8) is 0 Å². The Morgan fingerprint density at radius 1 is 1.18 bits per heavy atom. The summed E-state index contributed by atoms with van der Waals surface area (Å²) in [6, 6.07) is 7.59. The maximum Gasteiger partial charge on any atom is 0.251 e. The number of carbonyl (C=O) groups is 1. The van der Waals surface area contributed by atoms with Crippen molar-refractivity contribution < 1.29 is 4.79 Å². The van der Waals surface area contributed by atoms with E-state index in [9.17, 15) is 9.59 Å². The first-order valence-corrected chi connectivity index (χ1v) is 10.1. The van der Waals surface area contributed by atoms with Gasteiger partial charge in [0, 0.05) is 29.1 Å². The van der Waals surface area contributed by atoms with E-state index in [-0.39, 0.29) is 29.1 Å². The molecule has 0 saturated carbocycles. The fraction of sp³-hybridized carbons (Fsp3) is 0.565. The third-order valence-electron chi connectivity index (χ3n) is 6.90. The Kier molecular flexibility index (Phi) is 5.17. The highest BCUT2D eigenvalue weighted by atomic mass is 16.2. The molecule has 1 atom stereocenters. The van der Waals surface area contributed by atoms with Gasteiger partial charge in [-0.1, -0.05) is 18.2 Å². The predicted molar refractivity (Wildman–Crippen MR) is 115 cm³/mol. The normalized spacial score (nSPS) is 21.2. The van der Waals surface area contributed by atoms with Crippen LogP contribution in [0.1, 0.15) is 45.2 Å². The first kappa shape index (κ1) is 20.6. The number of benzene rings is 1. The molecule has 1 saturated heterocycles. The molecule has 28 heavy (non-hydrogen) atoms. The van der Waals surface area contributed by atoms with E-state index in [0.717, 1.165) is 28.5 Å². The van der Waals surface area contributed by atoms with Crippen LogP contribution in [-0.4, -0.2) is 40.0 Å². The lowest BCUT2D eigenvalue weighted by Gasteiger charge is -2.38. The molecule has 0 bridgehead atoms. The fourth-order valence-corrected chi connectivity index (χ4v) is 4.75. The quantitative estimate of drug-likeness (QED) is 0.882. The highest BCUT2D eigenvalue weighted by Crippen LogP contribution is 2.43. The third kappa shape index (κ3) is 3.48. The maximum atomic E-state index is 12.7. The molecule has 3 rings (SSSR count). The second kappa shape index (κ2) is 7.03. The van der Waals surface area contributed by atoms with Gasteiger partial charge in [-0.25, -0.2) is 0 Å². The van der Waals surface area contributed by atoms with Gasteiger partial charge >= 0.3 is 0 Å². The van der Waals surface area contributed by atoms with Crippen LogP contribution in [0, 0.1) is 19.8 Å². The molecule has 0 radical (unpaired) electrons. The Morgan fingerprint density at radius 3 is 2.46 bits per heavy atom. The number of nitrogens with one attached hydrogen (secondary N) is 1. The smallest absolute Gasteiger partial charge is 0.251 e. The molecule has 5 nitrogen and oxygen atoms in total. The van der Waals surface area contributed by atoms with Crippen LogP contribution in [-0.2, 0) is 11.3 Å². The van der Waals surface area contributed by atoms with Crippen molar-refractivity contribution in [2.24, 2.45) is 5.92 Å². The van der Waals surface area contributed by atoms with E-state index in [1.54, 1.807) is 10.6 Å². The molecule has 1 aliphatic rings. The number of amides is 1. The van der Waals surface area contributed by atoms with Gasteiger partial charge < -0.3 is 5.32 Å². The lowest BCUT2D eigenvalue weighted by atomic mass is 9.87. The maximum absolute atomic E-state index is 12.7. The van der Waals surface area contributed by atoms with Crippen molar-refractivity contribution in [3.05, 3.63) is 45.7 Å². The van der Waals surface area contributed by atoms with E-state index < -0.39 is 0 Å². The Morgan fingerprint density at radius 2 is 1.86 bits per heavy atom. The topological polar surface area (TPSA) is 54.3 Å². The first-order chi connectivity index (χ1) is 12.9. The number of hydrogen-bond acceptors (Lipinski definition) is 3. The lowest BCUT2D eigenvalue weighted by molar-refractivity contribution is -0.121. The summed E-state index contributed by atoms with van der Waals surface area (Å²) in [6.45, 7) is 13.6. The predicted octanol–water partition coefficient (Wildman–Crippen LogP) is 3.24. The van der Waals surface area contributed by atoms with Crippen molar-refractivity contribution in [2.75, 3.05) is 13.6 Å². The number of aryl methyl sites for hydroxylation is 2. The van der Waals surface area contributed by atoms with Crippen LogP contribution in [0.15, 0.2) is 29.1 Å². The van der Waals surface area contributed by atoms with Crippen LogP contribution in [0.3, 0.4) is 0 Å². The lowest BCUT2D eigenvalue weighted by Crippen LogP contribution is -2.48. The van der Waals surface area contributed by atoms with Gasteiger partial charge in [0.15, 0.2) is 0 Å². The fourth-order valence-electron chi connectivity index (χ4n) is 4.75. The summed E-state index contributed by atoms with van der Waals surface area (Å²) < 4.78 is 1.60. The molecule has 152 valence electrons. The molecule has 1 amide bonds. The molecule has 1 fully saturated rings. The minimum absolute atomic E-state index is 0.0146. The summed E-state index contributed by atoms with van der Waals surface area (Å²) in [7, 11) is 2.16. The van der Waals surface area contributed by atoms with Gasteiger partial charge in [-0.05, 0) is 72.1 Å². The van der Waals surface area contributed by atoms with Crippen LogP contribution in [0.5, 0.6) is 0 Å². The zero-order valence-corrected chi connectivity index (χ0v) is 18.2. The van der Waals surface area contributed by atoms with Gasteiger partial charge in [0.2, 0.25) is 5.91 Å². The monoisotopic (exact) mass is 383 g/mol. The van der Waals surface area contributed by atoms with Gasteiger partial charge in [-0.2, -0.15) is 0 Å². The highest BCUT2D eigenvalue weighted by molar-refractivity contribution is 5.87. The average molecular weight is 384 g/mol. The number of aromatic nitrogens is 1. The summed E-state index contributed by atoms with van der Waals surface area (Å²) >= 11 is 0. The zero-order chi connectivity index (χ0) is 20.9. The van der Waals surface area contributed by atoms with Crippen molar-refractivity contribution >= 4 is 16.8 Å². The van der Waals surface area contributed by atoms with E-state index in [2.05, 4.69) is 45.0 Å². The van der Waals surface area contributed by atoms with Crippen LogP contribution in [0.4, 0.5) is 0 Å². The van der Waals surface area contributed by atoms with Gasteiger partial charge in [-0.15, -0.1) is 0 Å². The number of rotatable bonds is 4.